The summed E-state index contributed by atoms with van der Waals surface area (Å²) in [7, 11) is 0. The number of aromatic nitrogens is 1. The van der Waals surface area contributed by atoms with Gasteiger partial charge in [0.2, 0.25) is 0 Å². The molecule has 1 aromatic carbocycles. The molecule has 1 aliphatic rings. The highest BCUT2D eigenvalue weighted by Crippen LogP contribution is 2.20. The van der Waals surface area contributed by atoms with Gasteiger partial charge in [0, 0.05) is 25.2 Å². The standard InChI is InChI=1S/C20H25N3O2/c1-16-7-4-5-11-22(16)14-18-9-3-2-8-17(18)13-21-20(24)19-10-6-12-23(25)15-19/h2-3,6,8-10,12,15-16H,4-5,7,11,13-14H2,1H3,(H,21,24)/t16-/m1/s1. The van der Waals surface area contributed by atoms with E-state index >= 15 is 0 Å². The van der Waals surface area contributed by atoms with Crippen molar-refractivity contribution in [1.82, 2.24) is 10.2 Å². The predicted octanol–water partition coefficient (Wildman–Crippen LogP) is 2.62. The predicted molar refractivity (Wildman–Crippen MR) is 96.7 cm³/mol. The van der Waals surface area contributed by atoms with Gasteiger partial charge in [0.1, 0.15) is 5.56 Å². The number of pyridine rings is 1. The van der Waals surface area contributed by atoms with Crippen molar-refractivity contribution in [2.75, 3.05) is 6.54 Å². The lowest BCUT2D eigenvalue weighted by molar-refractivity contribution is -0.605. The van der Waals surface area contributed by atoms with Crippen LogP contribution < -0.4 is 10.0 Å². The van der Waals surface area contributed by atoms with E-state index < -0.39 is 0 Å². The molecule has 132 valence electrons. The Bertz CT molecular complexity index is 732. The van der Waals surface area contributed by atoms with Gasteiger partial charge in [-0.15, -0.1) is 0 Å². The van der Waals surface area contributed by atoms with Gasteiger partial charge in [-0.05, 0) is 43.5 Å². The Balaban J connectivity index is 1.65. The number of nitrogens with one attached hydrogen (secondary N) is 1. The van der Waals surface area contributed by atoms with Gasteiger partial charge in [-0.2, -0.15) is 4.73 Å². The molecule has 25 heavy (non-hydrogen) atoms. The van der Waals surface area contributed by atoms with Gasteiger partial charge in [0.15, 0.2) is 12.4 Å². The van der Waals surface area contributed by atoms with Gasteiger partial charge in [-0.1, -0.05) is 30.7 Å². The Morgan fingerprint density at radius 2 is 2.04 bits per heavy atom. The number of rotatable bonds is 5. The quantitative estimate of drug-likeness (QED) is 0.673. The summed E-state index contributed by atoms with van der Waals surface area (Å²) in [6.07, 6.45) is 6.48. The van der Waals surface area contributed by atoms with Crippen molar-refractivity contribution in [2.45, 2.75) is 45.3 Å². The summed E-state index contributed by atoms with van der Waals surface area (Å²) >= 11 is 0. The van der Waals surface area contributed by atoms with Gasteiger partial charge in [0.05, 0.1) is 0 Å². The Morgan fingerprint density at radius 1 is 1.24 bits per heavy atom. The maximum atomic E-state index is 12.2. The van der Waals surface area contributed by atoms with Crippen LogP contribution in [0.15, 0.2) is 48.8 Å². The van der Waals surface area contributed by atoms with Gasteiger partial charge >= 0.3 is 0 Å². The van der Waals surface area contributed by atoms with E-state index in [1.54, 1.807) is 12.1 Å². The Morgan fingerprint density at radius 3 is 2.80 bits per heavy atom. The van der Waals surface area contributed by atoms with Crippen LogP contribution in [-0.2, 0) is 13.1 Å². The zero-order chi connectivity index (χ0) is 17.6. The third-order valence-corrected chi connectivity index (χ3v) is 4.91. The first-order valence-corrected chi connectivity index (χ1v) is 8.91. The highest BCUT2D eigenvalue weighted by atomic mass is 16.5. The van der Waals surface area contributed by atoms with Crippen LogP contribution in [0.5, 0.6) is 0 Å². The number of nitrogens with zero attached hydrogens (tertiary/aromatic N) is 2. The molecule has 1 saturated heterocycles. The maximum absolute atomic E-state index is 12.2. The first-order chi connectivity index (χ1) is 12.1. The zero-order valence-corrected chi connectivity index (χ0v) is 14.6. The maximum Gasteiger partial charge on any atom is 0.257 e. The lowest BCUT2D eigenvalue weighted by atomic mass is 10.0. The second-order valence-corrected chi connectivity index (χ2v) is 6.72. The normalized spacial score (nSPS) is 18.0. The van der Waals surface area contributed by atoms with Crippen LogP contribution in [0, 0.1) is 5.21 Å². The molecule has 5 heteroatoms. The first-order valence-electron chi connectivity index (χ1n) is 8.91. The highest BCUT2D eigenvalue weighted by Gasteiger charge is 2.19. The Labute approximate surface area is 148 Å². The first kappa shape index (κ1) is 17.4. The van der Waals surface area contributed by atoms with E-state index in [0.29, 0.717) is 22.9 Å². The number of hydrogen-bond donors (Lipinski definition) is 1. The average Bonchev–Trinajstić information content (AvgIpc) is 2.62. The minimum absolute atomic E-state index is 0.230. The van der Waals surface area contributed by atoms with Crippen LogP contribution in [-0.4, -0.2) is 23.4 Å². The highest BCUT2D eigenvalue weighted by molar-refractivity contribution is 5.93. The van der Waals surface area contributed by atoms with Crippen molar-refractivity contribution < 1.29 is 9.52 Å². The summed E-state index contributed by atoms with van der Waals surface area (Å²) in [4.78, 5) is 14.8. The number of hydrogen-bond acceptors (Lipinski definition) is 3. The monoisotopic (exact) mass is 339 g/mol. The van der Waals surface area contributed by atoms with E-state index in [9.17, 15) is 10.0 Å². The number of carbonyl (C=O) groups is 1. The number of carbonyl (C=O) groups excluding carboxylic acids is 1. The second-order valence-electron chi connectivity index (χ2n) is 6.72. The average molecular weight is 339 g/mol. The smallest absolute Gasteiger partial charge is 0.257 e. The lowest BCUT2D eigenvalue weighted by Gasteiger charge is -2.33. The van der Waals surface area contributed by atoms with Gasteiger partial charge < -0.3 is 10.5 Å². The molecule has 1 amide bonds. The van der Waals surface area contributed by atoms with Crippen LogP contribution >= 0.6 is 0 Å². The van der Waals surface area contributed by atoms with Crippen molar-refractivity contribution >= 4 is 5.91 Å². The SMILES string of the molecule is C[C@@H]1CCCCN1Cc1ccccc1CNC(=O)c1ccc[n+]([O-])c1. The van der Waals surface area contributed by atoms with E-state index in [1.165, 1.54) is 37.2 Å². The molecule has 1 fully saturated rings. The molecule has 0 saturated carbocycles. The van der Waals surface area contributed by atoms with E-state index in [2.05, 4.69) is 29.3 Å². The molecule has 0 bridgehead atoms. The molecular weight excluding hydrogens is 314 g/mol. The van der Waals surface area contributed by atoms with Gasteiger partial charge in [0.25, 0.3) is 5.91 Å². The molecule has 3 rings (SSSR count). The van der Waals surface area contributed by atoms with Crippen LogP contribution in [0.2, 0.25) is 0 Å². The van der Waals surface area contributed by atoms with Crippen LogP contribution in [0.3, 0.4) is 0 Å². The molecule has 1 aliphatic heterocycles. The molecule has 0 unspecified atom stereocenters. The Hall–Kier alpha value is -2.40. The van der Waals surface area contributed by atoms with Crippen LogP contribution in [0.1, 0.15) is 47.7 Å². The molecule has 5 nitrogen and oxygen atoms in total. The van der Waals surface area contributed by atoms with Gasteiger partial charge in [-0.25, -0.2) is 0 Å². The molecule has 0 spiro atoms. The molecule has 1 atom stereocenters. The van der Waals surface area contributed by atoms with E-state index in [4.69, 9.17) is 0 Å². The molecular formula is C20H25N3O2. The van der Waals surface area contributed by atoms with Gasteiger partial charge in [-0.3, -0.25) is 9.69 Å². The molecule has 1 aromatic heterocycles. The van der Waals surface area contributed by atoms with Crippen molar-refractivity contribution in [3.63, 3.8) is 0 Å². The summed E-state index contributed by atoms with van der Waals surface area (Å²) in [5, 5.41) is 14.2. The van der Waals surface area contributed by atoms with Crippen molar-refractivity contribution in [2.24, 2.45) is 0 Å². The topological polar surface area (TPSA) is 59.3 Å². The minimum atomic E-state index is -0.230. The van der Waals surface area contributed by atoms with E-state index in [0.717, 1.165) is 18.7 Å². The number of piperidine rings is 1. The summed E-state index contributed by atoms with van der Waals surface area (Å²) in [5.74, 6) is -0.230. The zero-order valence-electron chi connectivity index (χ0n) is 14.6. The molecule has 0 aliphatic carbocycles. The number of amides is 1. The third-order valence-electron chi connectivity index (χ3n) is 4.91. The van der Waals surface area contributed by atoms with Crippen LogP contribution in [0.4, 0.5) is 0 Å². The fraction of sp³-hybridized carbons (Fsp3) is 0.400. The lowest BCUT2D eigenvalue weighted by Crippen LogP contribution is -2.37. The molecule has 0 radical (unpaired) electrons. The van der Waals surface area contributed by atoms with Crippen LogP contribution in [0.25, 0.3) is 0 Å². The molecule has 2 aromatic rings. The van der Waals surface area contributed by atoms with Crippen molar-refractivity contribution in [1.29, 1.82) is 0 Å². The summed E-state index contributed by atoms with van der Waals surface area (Å²) in [6.45, 7) is 4.80. The van der Waals surface area contributed by atoms with Crippen molar-refractivity contribution in [3.05, 3.63) is 70.7 Å². The number of benzene rings is 1. The summed E-state index contributed by atoms with van der Waals surface area (Å²) in [5.41, 5.74) is 2.75. The second kappa shape index (κ2) is 8.12. The van der Waals surface area contributed by atoms with Crippen molar-refractivity contribution in [3.8, 4) is 0 Å². The minimum Gasteiger partial charge on any atom is -0.619 e. The fourth-order valence-electron chi connectivity index (χ4n) is 3.36. The fourth-order valence-corrected chi connectivity index (χ4v) is 3.36. The summed E-state index contributed by atoms with van der Waals surface area (Å²) in [6, 6.07) is 12.1. The number of likely N-dealkylation sites (tertiary alicyclic amines) is 1. The summed E-state index contributed by atoms with van der Waals surface area (Å²) < 4.78 is 0.639. The molecule has 1 N–H and O–H groups in total. The van der Waals surface area contributed by atoms with E-state index in [-0.39, 0.29) is 5.91 Å². The van der Waals surface area contributed by atoms with E-state index in [1.807, 2.05) is 12.1 Å². The largest absolute Gasteiger partial charge is 0.619 e. The third kappa shape index (κ3) is 4.57. The molecule has 2 heterocycles. The Kier molecular flexibility index (Phi) is 5.66.